The monoisotopic (exact) mass is 277 g/mol. The molecule has 1 aliphatic rings. The lowest BCUT2D eigenvalue weighted by atomic mass is 10.2. The van der Waals surface area contributed by atoms with E-state index in [0.717, 1.165) is 23.7 Å². The van der Waals surface area contributed by atoms with E-state index in [0.29, 0.717) is 12.5 Å². The molecule has 1 fully saturated rings. The first-order valence-corrected chi connectivity index (χ1v) is 7.67. The van der Waals surface area contributed by atoms with Crippen molar-refractivity contribution in [3.63, 3.8) is 0 Å². The van der Waals surface area contributed by atoms with Gasteiger partial charge in [0.2, 0.25) is 0 Å². The maximum Gasteiger partial charge on any atom is 0.193 e. The zero-order valence-electron chi connectivity index (χ0n) is 11.0. The number of fused-ring (bicyclic) bond motifs is 1. The van der Waals surface area contributed by atoms with Crippen LogP contribution in [0.5, 0.6) is 0 Å². The maximum atomic E-state index is 6.08. The van der Waals surface area contributed by atoms with Crippen LogP contribution in [0.1, 0.15) is 31.4 Å². The summed E-state index contributed by atoms with van der Waals surface area (Å²) in [6.45, 7) is 2.64. The number of hydrogen-bond donors (Lipinski definition) is 1. The molecule has 0 spiro atoms. The second kappa shape index (κ2) is 5.61. The fraction of sp³-hybridized carbons (Fsp3) is 0.538. The van der Waals surface area contributed by atoms with Gasteiger partial charge in [-0.25, -0.2) is 9.98 Å². The molecule has 0 atom stereocenters. The predicted molar refractivity (Wildman–Crippen MR) is 78.4 cm³/mol. The SMILES string of the molecule is NC(=NCc1cn2ccsc2n1)N1CCCCCC1. The first-order valence-electron chi connectivity index (χ1n) is 6.79. The Morgan fingerprint density at radius 2 is 2.11 bits per heavy atom. The van der Waals surface area contributed by atoms with Gasteiger partial charge in [0.15, 0.2) is 10.9 Å². The molecule has 0 bridgehead atoms. The summed E-state index contributed by atoms with van der Waals surface area (Å²) in [5.74, 6) is 0.665. The van der Waals surface area contributed by atoms with E-state index in [1.165, 1.54) is 25.7 Å². The molecule has 3 rings (SSSR count). The van der Waals surface area contributed by atoms with Crippen LogP contribution in [0.3, 0.4) is 0 Å². The normalized spacial score (nSPS) is 17.9. The van der Waals surface area contributed by atoms with Gasteiger partial charge in [-0.15, -0.1) is 11.3 Å². The summed E-state index contributed by atoms with van der Waals surface area (Å²) >= 11 is 1.63. The summed E-state index contributed by atoms with van der Waals surface area (Å²) in [6.07, 6.45) is 9.08. The average Bonchev–Trinajstić information content (AvgIpc) is 2.87. The van der Waals surface area contributed by atoms with Gasteiger partial charge < -0.3 is 10.6 Å². The van der Waals surface area contributed by atoms with Crippen molar-refractivity contribution in [1.29, 1.82) is 0 Å². The quantitative estimate of drug-likeness (QED) is 0.675. The molecule has 1 aliphatic heterocycles. The predicted octanol–water partition coefficient (Wildman–Crippen LogP) is 2.09. The highest BCUT2D eigenvalue weighted by atomic mass is 32.1. The molecule has 6 heteroatoms. The summed E-state index contributed by atoms with van der Waals surface area (Å²) in [5, 5.41) is 2.03. The van der Waals surface area contributed by atoms with E-state index in [4.69, 9.17) is 5.73 Å². The fourth-order valence-electron chi connectivity index (χ4n) is 2.41. The molecule has 1 saturated heterocycles. The number of aliphatic imine (C=N–C) groups is 1. The minimum atomic E-state index is 0.566. The molecule has 3 heterocycles. The van der Waals surface area contributed by atoms with Crippen molar-refractivity contribution >= 4 is 22.3 Å². The Hall–Kier alpha value is -1.56. The molecule has 102 valence electrons. The van der Waals surface area contributed by atoms with Crippen LogP contribution in [-0.4, -0.2) is 33.3 Å². The summed E-state index contributed by atoms with van der Waals surface area (Å²) in [5.41, 5.74) is 7.06. The van der Waals surface area contributed by atoms with Crippen LogP contribution in [0, 0.1) is 0 Å². The molecule has 0 radical (unpaired) electrons. The number of likely N-dealkylation sites (tertiary alicyclic amines) is 1. The fourth-order valence-corrected chi connectivity index (χ4v) is 3.13. The van der Waals surface area contributed by atoms with Crippen molar-refractivity contribution in [2.45, 2.75) is 32.2 Å². The zero-order chi connectivity index (χ0) is 13.1. The third kappa shape index (κ3) is 2.89. The summed E-state index contributed by atoms with van der Waals surface area (Å²) in [7, 11) is 0. The molecule has 0 saturated carbocycles. The molecule has 19 heavy (non-hydrogen) atoms. The van der Waals surface area contributed by atoms with Gasteiger partial charge in [-0.2, -0.15) is 0 Å². The molecule has 2 aromatic heterocycles. The Kier molecular flexibility index (Phi) is 3.68. The molecule has 0 aliphatic carbocycles. The molecule has 0 aromatic carbocycles. The number of hydrogen-bond acceptors (Lipinski definition) is 3. The zero-order valence-corrected chi connectivity index (χ0v) is 11.8. The average molecular weight is 277 g/mol. The molecule has 0 unspecified atom stereocenters. The number of nitrogens with zero attached hydrogens (tertiary/aromatic N) is 4. The van der Waals surface area contributed by atoms with E-state index < -0.39 is 0 Å². The van der Waals surface area contributed by atoms with Crippen molar-refractivity contribution in [2.24, 2.45) is 10.7 Å². The topological polar surface area (TPSA) is 58.9 Å². The summed E-state index contributed by atoms with van der Waals surface area (Å²) in [4.78, 5) is 12.2. The van der Waals surface area contributed by atoms with Crippen LogP contribution >= 0.6 is 11.3 Å². The van der Waals surface area contributed by atoms with Gasteiger partial charge in [-0.05, 0) is 12.8 Å². The molecular weight excluding hydrogens is 258 g/mol. The largest absolute Gasteiger partial charge is 0.370 e. The number of guanidine groups is 1. The van der Waals surface area contributed by atoms with Crippen LogP contribution in [-0.2, 0) is 6.54 Å². The first-order chi connectivity index (χ1) is 9.33. The number of imidazole rings is 1. The minimum absolute atomic E-state index is 0.566. The van der Waals surface area contributed by atoms with Crippen molar-refractivity contribution in [1.82, 2.24) is 14.3 Å². The first kappa shape index (κ1) is 12.5. The van der Waals surface area contributed by atoms with Crippen LogP contribution in [0.4, 0.5) is 0 Å². The van der Waals surface area contributed by atoms with Crippen LogP contribution in [0.25, 0.3) is 4.96 Å². The van der Waals surface area contributed by atoms with Crippen molar-refractivity contribution in [3.05, 3.63) is 23.5 Å². The number of rotatable bonds is 2. The van der Waals surface area contributed by atoms with Gasteiger partial charge in [0.1, 0.15) is 0 Å². The highest BCUT2D eigenvalue weighted by Gasteiger charge is 2.11. The lowest BCUT2D eigenvalue weighted by molar-refractivity contribution is 0.428. The molecule has 5 nitrogen and oxygen atoms in total. The Morgan fingerprint density at radius 1 is 1.32 bits per heavy atom. The smallest absolute Gasteiger partial charge is 0.193 e. The van der Waals surface area contributed by atoms with E-state index in [2.05, 4.69) is 14.9 Å². The Morgan fingerprint density at radius 3 is 2.84 bits per heavy atom. The third-order valence-corrected chi connectivity index (χ3v) is 4.25. The van der Waals surface area contributed by atoms with Crippen molar-refractivity contribution < 1.29 is 0 Å². The van der Waals surface area contributed by atoms with Gasteiger partial charge in [0.25, 0.3) is 0 Å². The van der Waals surface area contributed by atoms with E-state index in [1.54, 1.807) is 11.3 Å². The van der Waals surface area contributed by atoms with Crippen LogP contribution < -0.4 is 5.73 Å². The lowest BCUT2D eigenvalue weighted by Crippen LogP contribution is -2.38. The van der Waals surface area contributed by atoms with E-state index in [-0.39, 0.29) is 0 Å². The number of thiazole rings is 1. The number of aromatic nitrogens is 2. The van der Waals surface area contributed by atoms with Crippen LogP contribution in [0.15, 0.2) is 22.8 Å². The standard InChI is InChI=1S/C13H19N5S/c14-12(17-5-3-1-2-4-6-17)15-9-11-10-18-7-8-19-13(18)16-11/h7-8,10H,1-6,9H2,(H2,14,15). The van der Waals surface area contributed by atoms with Crippen molar-refractivity contribution in [3.8, 4) is 0 Å². The summed E-state index contributed by atoms with van der Waals surface area (Å²) < 4.78 is 2.03. The lowest BCUT2D eigenvalue weighted by Gasteiger charge is -2.20. The molecular formula is C13H19N5S. The van der Waals surface area contributed by atoms with Gasteiger partial charge in [0, 0.05) is 30.9 Å². The number of nitrogens with two attached hydrogens (primary N) is 1. The van der Waals surface area contributed by atoms with Crippen molar-refractivity contribution in [2.75, 3.05) is 13.1 Å². The second-order valence-electron chi connectivity index (χ2n) is 4.90. The Labute approximate surface area is 116 Å². The third-order valence-electron chi connectivity index (χ3n) is 3.48. The molecule has 2 N–H and O–H groups in total. The van der Waals surface area contributed by atoms with E-state index in [9.17, 15) is 0 Å². The Bertz CT molecular complexity index is 534. The minimum Gasteiger partial charge on any atom is -0.370 e. The molecule has 2 aromatic rings. The van der Waals surface area contributed by atoms with E-state index >= 15 is 0 Å². The van der Waals surface area contributed by atoms with Gasteiger partial charge in [-0.1, -0.05) is 12.8 Å². The maximum absolute atomic E-state index is 6.08. The summed E-state index contributed by atoms with van der Waals surface area (Å²) in [6, 6.07) is 0. The Balaban J connectivity index is 1.65. The van der Waals surface area contributed by atoms with E-state index in [1.807, 2.05) is 22.2 Å². The molecule has 0 amide bonds. The second-order valence-corrected chi connectivity index (χ2v) is 5.77. The highest BCUT2D eigenvalue weighted by molar-refractivity contribution is 7.15. The van der Waals surface area contributed by atoms with Gasteiger partial charge in [-0.3, -0.25) is 4.40 Å². The van der Waals surface area contributed by atoms with Gasteiger partial charge >= 0.3 is 0 Å². The highest BCUT2D eigenvalue weighted by Crippen LogP contribution is 2.12. The van der Waals surface area contributed by atoms with Crippen LogP contribution in [0.2, 0.25) is 0 Å². The van der Waals surface area contributed by atoms with Gasteiger partial charge in [0.05, 0.1) is 12.2 Å².